The molecule has 1 heterocycles. The van der Waals surface area contributed by atoms with Crippen molar-refractivity contribution in [3.05, 3.63) is 42.0 Å². The van der Waals surface area contributed by atoms with Crippen molar-refractivity contribution in [2.45, 2.75) is 6.92 Å². The van der Waals surface area contributed by atoms with Crippen molar-refractivity contribution in [1.82, 2.24) is 0 Å². The number of carbonyl (C=O) groups is 1. The summed E-state index contributed by atoms with van der Waals surface area (Å²) in [5.41, 5.74) is 7.95. The van der Waals surface area contributed by atoms with Gasteiger partial charge in [-0.2, -0.15) is 0 Å². The minimum Gasteiger partial charge on any atom is -0.484 e. The lowest BCUT2D eigenvalue weighted by molar-refractivity contribution is -0.118. The van der Waals surface area contributed by atoms with Gasteiger partial charge in [-0.05, 0) is 42.8 Å². The molecule has 1 aliphatic rings. The van der Waals surface area contributed by atoms with E-state index in [4.69, 9.17) is 19.9 Å². The first-order valence-corrected chi connectivity index (χ1v) is 6.80. The largest absolute Gasteiger partial charge is 0.484 e. The maximum Gasteiger partial charge on any atom is 0.262 e. The van der Waals surface area contributed by atoms with E-state index in [9.17, 15) is 4.79 Å². The monoisotopic (exact) mass is 300 g/mol. The van der Waals surface area contributed by atoms with Crippen LogP contribution in [0.3, 0.4) is 0 Å². The van der Waals surface area contributed by atoms with Crippen molar-refractivity contribution in [1.29, 1.82) is 0 Å². The highest BCUT2D eigenvalue weighted by atomic mass is 16.7. The first-order chi connectivity index (χ1) is 10.6. The summed E-state index contributed by atoms with van der Waals surface area (Å²) in [5.74, 6) is 1.60. The molecule has 0 bridgehead atoms. The number of amides is 1. The molecule has 0 saturated heterocycles. The zero-order valence-electron chi connectivity index (χ0n) is 12.1. The zero-order valence-corrected chi connectivity index (χ0v) is 12.1. The van der Waals surface area contributed by atoms with E-state index < -0.39 is 0 Å². The third kappa shape index (κ3) is 3.06. The average molecular weight is 300 g/mol. The highest BCUT2D eigenvalue weighted by Crippen LogP contribution is 2.35. The van der Waals surface area contributed by atoms with Gasteiger partial charge >= 0.3 is 0 Å². The van der Waals surface area contributed by atoms with Crippen molar-refractivity contribution < 1.29 is 19.0 Å². The number of nitrogen functional groups attached to an aromatic ring is 1. The average Bonchev–Trinajstić information content (AvgIpc) is 2.95. The van der Waals surface area contributed by atoms with E-state index >= 15 is 0 Å². The lowest BCUT2D eigenvalue weighted by Gasteiger charge is -2.10. The number of rotatable bonds is 4. The molecule has 2 aromatic carbocycles. The van der Waals surface area contributed by atoms with Gasteiger partial charge in [-0.15, -0.1) is 0 Å². The van der Waals surface area contributed by atoms with Crippen LogP contribution in [0.15, 0.2) is 36.4 Å². The second kappa shape index (κ2) is 5.85. The van der Waals surface area contributed by atoms with Crippen LogP contribution in [0.5, 0.6) is 17.2 Å². The molecule has 0 saturated carbocycles. The number of fused-ring (bicyclic) bond motifs is 1. The second-order valence-corrected chi connectivity index (χ2v) is 4.93. The van der Waals surface area contributed by atoms with Crippen molar-refractivity contribution >= 4 is 17.3 Å². The summed E-state index contributed by atoms with van der Waals surface area (Å²) >= 11 is 0. The highest BCUT2D eigenvalue weighted by molar-refractivity contribution is 5.92. The predicted octanol–water partition coefficient (Wildman–Crippen LogP) is 2.32. The normalized spacial score (nSPS) is 12.0. The maximum absolute atomic E-state index is 11.9. The van der Waals surface area contributed by atoms with Crippen LogP contribution in [-0.2, 0) is 4.79 Å². The molecule has 3 N–H and O–H groups in total. The Morgan fingerprint density at radius 1 is 1.23 bits per heavy atom. The predicted molar refractivity (Wildman–Crippen MR) is 82.3 cm³/mol. The summed E-state index contributed by atoms with van der Waals surface area (Å²) in [6, 6.07) is 10.5. The van der Waals surface area contributed by atoms with Crippen LogP contribution in [0.25, 0.3) is 0 Å². The molecular weight excluding hydrogens is 284 g/mol. The molecule has 0 radical (unpaired) electrons. The first kappa shape index (κ1) is 14.1. The van der Waals surface area contributed by atoms with E-state index in [1.165, 1.54) is 0 Å². The number of nitrogens with one attached hydrogen (secondary N) is 1. The summed E-state index contributed by atoms with van der Waals surface area (Å²) in [6.45, 7) is 1.99. The molecule has 114 valence electrons. The lowest BCUT2D eigenvalue weighted by Crippen LogP contribution is -2.20. The fourth-order valence-corrected chi connectivity index (χ4v) is 2.13. The zero-order chi connectivity index (χ0) is 15.5. The number of hydrogen-bond donors (Lipinski definition) is 2. The van der Waals surface area contributed by atoms with Gasteiger partial charge in [-0.1, -0.05) is 0 Å². The molecular formula is C16H16N2O4. The molecule has 22 heavy (non-hydrogen) atoms. The van der Waals surface area contributed by atoms with Gasteiger partial charge in [-0.25, -0.2) is 0 Å². The Balaban J connectivity index is 1.58. The third-order valence-corrected chi connectivity index (χ3v) is 3.24. The molecule has 6 nitrogen and oxygen atoms in total. The minimum atomic E-state index is -0.245. The number of carbonyl (C=O) groups excluding carboxylic acids is 1. The first-order valence-electron chi connectivity index (χ1n) is 6.80. The minimum absolute atomic E-state index is 0.0938. The summed E-state index contributed by atoms with van der Waals surface area (Å²) in [6.07, 6.45) is 0. The molecule has 2 aromatic rings. The van der Waals surface area contributed by atoms with E-state index in [-0.39, 0.29) is 19.3 Å². The Morgan fingerprint density at radius 2 is 2.05 bits per heavy atom. The Morgan fingerprint density at radius 3 is 2.86 bits per heavy atom. The van der Waals surface area contributed by atoms with E-state index in [2.05, 4.69) is 5.32 Å². The summed E-state index contributed by atoms with van der Waals surface area (Å²) in [5, 5.41) is 2.78. The van der Waals surface area contributed by atoms with Crippen molar-refractivity contribution in [3.63, 3.8) is 0 Å². The van der Waals surface area contributed by atoms with Crippen LogP contribution < -0.4 is 25.3 Å². The molecule has 0 atom stereocenters. The van der Waals surface area contributed by atoms with Gasteiger partial charge in [0.25, 0.3) is 5.91 Å². The van der Waals surface area contributed by atoms with E-state index in [0.717, 1.165) is 5.56 Å². The number of aryl methyl sites for hydroxylation is 1. The maximum atomic E-state index is 11.9. The molecule has 0 aromatic heterocycles. The molecule has 0 unspecified atom stereocenters. The Labute approximate surface area is 127 Å². The third-order valence-electron chi connectivity index (χ3n) is 3.24. The van der Waals surface area contributed by atoms with Crippen LogP contribution in [0, 0.1) is 6.92 Å². The number of ether oxygens (including phenoxy) is 3. The van der Waals surface area contributed by atoms with Gasteiger partial charge in [0.05, 0.1) is 0 Å². The van der Waals surface area contributed by atoms with E-state index in [0.29, 0.717) is 28.6 Å². The van der Waals surface area contributed by atoms with Crippen LogP contribution in [0.1, 0.15) is 5.56 Å². The van der Waals surface area contributed by atoms with Gasteiger partial charge in [0.1, 0.15) is 5.75 Å². The topological polar surface area (TPSA) is 82.8 Å². The van der Waals surface area contributed by atoms with Crippen LogP contribution in [-0.4, -0.2) is 19.3 Å². The fourth-order valence-electron chi connectivity index (χ4n) is 2.13. The molecule has 0 aliphatic carbocycles. The van der Waals surface area contributed by atoms with Gasteiger partial charge in [0.15, 0.2) is 18.1 Å². The molecule has 1 amide bonds. The van der Waals surface area contributed by atoms with Crippen LogP contribution in [0.2, 0.25) is 0 Å². The van der Waals surface area contributed by atoms with E-state index in [1.807, 2.05) is 6.92 Å². The number of anilines is 2. The smallest absolute Gasteiger partial charge is 0.262 e. The SMILES string of the molecule is Cc1cc(N)ccc1NC(=O)COc1ccc2c(c1)OCO2. The van der Waals surface area contributed by atoms with Gasteiger partial charge in [0, 0.05) is 17.4 Å². The van der Waals surface area contributed by atoms with Gasteiger partial charge in [0.2, 0.25) is 6.79 Å². The standard InChI is InChI=1S/C16H16N2O4/c1-10-6-11(17)2-4-13(10)18-16(19)8-20-12-3-5-14-15(7-12)22-9-21-14/h2-7H,8-9,17H2,1H3,(H,18,19). The van der Waals surface area contributed by atoms with Crippen molar-refractivity contribution in [2.24, 2.45) is 0 Å². The van der Waals surface area contributed by atoms with Crippen molar-refractivity contribution in [2.75, 3.05) is 24.5 Å². The van der Waals surface area contributed by atoms with Crippen LogP contribution in [0.4, 0.5) is 11.4 Å². The number of hydrogen-bond acceptors (Lipinski definition) is 5. The highest BCUT2D eigenvalue weighted by Gasteiger charge is 2.14. The van der Waals surface area contributed by atoms with Crippen LogP contribution >= 0.6 is 0 Å². The summed E-state index contributed by atoms with van der Waals surface area (Å²) < 4.78 is 15.9. The molecule has 0 spiro atoms. The summed E-state index contributed by atoms with van der Waals surface area (Å²) in [4.78, 5) is 11.9. The van der Waals surface area contributed by atoms with E-state index in [1.54, 1.807) is 36.4 Å². The lowest BCUT2D eigenvalue weighted by atomic mass is 10.2. The number of nitrogens with two attached hydrogens (primary N) is 1. The molecule has 3 rings (SSSR count). The Kier molecular flexibility index (Phi) is 3.74. The van der Waals surface area contributed by atoms with Crippen molar-refractivity contribution in [3.8, 4) is 17.2 Å². The molecule has 1 aliphatic heterocycles. The number of benzene rings is 2. The Hall–Kier alpha value is -2.89. The Bertz CT molecular complexity index is 715. The fraction of sp³-hybridized carbons (Fsp3) is 0.188. The van der Waals surface area contributed by atoms with Gasteiger partial charge < -0.3 is 25.3 Å². The molecule has 0 fully saturated rings. The van der Waals surface area contributed by atoms with Gasteiger partial charge in [-0.3, -0.25) is 4.79 Å². The summed E-state index contributed by atoms with van der Waals surface area (Å²) in [7, 11) is 0. The molecule has 6 heteroatoms. The quantitative estimate of drug-likeness (QED) is 0.847. The second-order valence-electron chi connectivity index (χ2n) is 4.93.